The normalized spacial score (nSPS) is 12.2. The van der Waals surface area contributed by atoms with Gasteiger partial charge in [0.1, 0.15) is 11.6 Å². The van der Waals surface area contributed by atoms with E-state index in [2.05, 4.69) is 15.9 Å². The van der Waals surface area contributed by atoms with Gasteiger partial charge in [-0.15, -0.1) is 0 Å². The number of benzene rings is 2. The van der Waals surface area contributed by atoms with Gasteiger partial charge in [-0.05, 0) is 50.2 Å². The fourth-order valence-electron chi connectivity index (χ4n) is 2.36. The van der Waals surface area contributed by atoms with Crippen LogP contribution < -0.4 is 4.90 Å². The predicted molar refractivity (Wildman–Crippen MR) is 83.6 cm³/mol. The van der Waals surface area contributed by atoms with Gasteiger partial charge in [-0.2, -0.15) is 0 Å². The van der Waals surface area contributed by atoms with Crippen LogP contribution in [0.25, 0.3) is 0 Å². The van der Waals surface area contributed by atoms with Gasteiger partial charge in [-0.3, -0.25) is 0 Å². The van der Waals surface area contributed by atoms with E-state index in [0.29, 0.717) is 0 Å². The molecule has 0 heterocycles. The number of nitrogens with zero attached hydrogens (tertiary/aromatic N) is 1. The Morgan fingerprint density at radius 3 is 2.65 bits per heavy atom. The van der Waals surface area contributed by atoms with E-state index in [1.54, 1.807) is 18.2 Å². The van der Waals surface area contributed by atoms with E-state index in [4.69, 9.17) is 0 Å². The first-order valence-electron chi connectivity index (χ1n) is 6.53. The lowest BCUT2D eigenvalue weighted by Gasteiger charge is -2.31. The van der Waals surface area contributed by atoms with Gasteiger partial charge in [0.2, 0.25) is 0 Å². The molecule has 0 aliphatic carbocycles. The first kappa shape index (κ1) is 14.9. The van der Waals surface area contributed by atoms with Crippen molar-refractivity contribution in [3.05, 3.63) is 58.3 Å². The minimum atomic E-state index is -0.258. The number of rotatable bonds is 4. The molecule has 0 amide bonds. The highest BCUT2D eigenvalue weighted by atomic mass is 79.9. The lowest BCUT2D eigenvalue weighted by Crippen LogP contribution is -2.26. The van der Waals surface area contributed by atoms with Crippen molar-refractivity contribution in [1.82, 2.24) is 0 Å². The van der Waals surface area contributed by atoms with Gasteiger partial charge in [0.25, 0.3) is 0 Å². The van der Waals surface area contributed by atoms with Crippen LogP contribution in [0.5, 0.6) is 5.75 Å². The lowest BCUT2D eigenvalue weighted by molar-refractivity contribution is 0.461. The van der Waals surface area contributed by atoms with Crippen LogP contribution in [-0.4, -0.2) is 11.7 Å². The molecule has 2 aromatic carbocycles. The maximum atomic E-state index is 13.4. The molecule has 1 atom stereocenters. The third kappa shape index (κ3) is 3.12. The van der Waals surface area contributed by atoms with E-state index < -0.39 is 0 Å². The van der Waals surface area contributed by atoms with Crippen molar-refractivity contribution in [2.45, 2.75) is 19.9 Å². The van der Waals surface area contributed by atoms with Gasteiger partial charge in [0, 0.05) is 22.3 Å². The van der Waals surface area contributed by atoms with Crippen molar-refractivity contribution in [3.8, 4) is 5.75 Å². The second-order valence-electron chi connectivity index (χ2n) is 4.64. The van der Waals surface area contributed by atoms with E-state index in [0.717, 1.165) is 22.3 Å². The topological polar surface area (TPSA) is 23.5 Å². The SMILES string of the molecule is CCN(c1cccc(F)c1)C(C)c1cc(Br)ccc1O. The average molecular weight is 338 g/mol. The molecule has 0 saturated carbocycles. The summed E-state index contributed by atoms with van der Waals surface area (Å²) in [5, 5.41) is 10.0. The van der Waals surface area contributed by atoms with Gasteiger partial charge in [0.15, 0.2) is 0 Å². The molecule has 0 radical (unpaired) electrons. The van der Waals surface area contributed by atoms with E-state index in [1.807, 2.05) is 30.9 Å². The summed E-state index contributed by atoms with van der Waals surface area (Å²) in [6.45, 7) is 4.73. The number of halogens is 2. The van der Waals surface area contributed by atoms with Crippen molar-refractivity contribution in [1.29, 1.82) is 0 Å². The van der Waals surface area contributed by atoms with E-state index in [1.165, 1.54) is 12.1 Å². The van der Waals surface area contributed by atoms with Gasteiger partial charge in [-0.1, -0.05) is 22.0 Å². The number of anilines is 1. The Morgan fingerprint density at radius 2 is 2.00 bits per heavy atom. The van der Waals surface area contributed by atoms with Crippen LogP contribution in [-0.2, 0) is 0 Å². The summed E-state index contributed by atoms with van der Waals surface area (Å²) in [4.78, 5) is 2.05. The van der Waals surface area contributed by atoms with Crippen LogP contribution in [0, 0.1) is 5.82 Å². The van der Waals surface area contributed by atoms with Crippen molar-refractivity contribution >= 4 is 21.6 Å². The molecular formula is C16H17BrFNO. The maximum absolute atomic E-state index is 13.4. The third-order valence-electron chi connectivity index (χ3n) is 3.39. The zero-order valence-corrected chi connectivity index (χ0v) is 13.1. The molecule has 2 nitrogen and oxygen atoms in total. The summed E-state index contributed by atoms with van der Waals surface area (Å²) in [6.07, 6.45) is 0. The third-order valence-corrected chi connectivity index (χ3v) is 3.88. The second-order valence-corrected chi connectivity index (χ2v) is 5.56. The molecule has 0 saturated heterocycles. The van der Waals surface area contributed by atoms with Crippen molar-refractivity contribution in [3.63, 3.8) is 0 Å². The van der Waals surface area contributed by atoms with E-state index >= 15 is 0 Å². The van der Waals surface area contributed by atoms with Crippen molar-refractivity contribution in [2.75, 3.05) is 11.4 Å². The summed E-state index contributed by atoms with van der Waals surface area (Å²) in [6, 6.07) is 11.8. The van der Waals surface area contributed by atoms with Gasteiger partial charge >= 0.3 is 0 Å². The lowest BCUT2D eigenvalue weighted by atomic mass is 10.0. The molecule has 0 aromatic heterocycles. The summed E-state index contributed by atoms with van der Waals surface area (Å²) >= 11 is 3.41. The fourth-order valence-corrected chi connectivity index (χ4v) is 2.74. The smallest absolute Gasteiger partial charge is 0.125 e. The highest BCUT2D eigenvalue weighted by Crippen LogP contribution is 2.33. The standard InChI is InChI=1S/C16H17BrFNO/c1-3-19(14-6-4-5-13(18)10-14)11(2)15-9-12(17)7-8-16(15)20/h4-11,20H,3H2,1-2H3. The minimum absolute atomic E-state index is 0.0562. The van der Waals surface area contributed by atoms with E-state index in [-0.39, 0.29) is 17.6 Å². The highest BCUT2D eigenvalue weighted by Gasteiger charge is 2.18. The zero-order chi connectivity index (χ0) is 14.7. The number of phenols is 1. The molecule has 0 bridgehead atoms. The summed E-state index contributed by atoms with van der Waals surface area (Å²) in [5.74, 6) is -0.0119. The molecule has 1 unspecified atom stereocenters. The van der Waals surface area contributed by atoms with Crippen molar-refractivity contribution in [2.24, 2.45) is 0 Å². The number of phenolic OH excluding ortho intramolecular Hbond substituents is 1. The van der Waals surface area contributed by atoms with Crippen LogP contribution >= 0.6 is 15.9 Å². The van der Waals surface area contributed by atoms with Gasteiger partial charge in [0.05, 0.1) is 6.04 Å². The molecule has 1 N–H and O–H groups in total. The van der Waals surface area contributed by atoms with Gasteiger partial charge in [-0.25, -0.2) is 4.39 Å². The molecular weight excluding hydrogens is 321 g/mol. The molecule has 20 heavy (non-hydrogen) atoms. The summed E-state index contributed by atoms with van der Waals surface area (Å²) in [7, 11) is 0. The molecule has 0 spiro atoms. The first-order valence-corrected chi connectivity index (χ1v) is 7.33. The van der Waals surface area contributed by atoms with Crippen LogP contribution in [0.15, 0.2) is 46.9 Å². The molecule has 0 aliphatic heterocycles. The summed E-state index contributed by atoms with van der Waals surface area (Å²) in [5.41, 5.74) is 1.62. The molecule has 106 valence electrons. The van der Waals surface area contributed by atoms with Crippen LogP contribution in [0.3, 0.4) is 0 Å². The van der Waals surface area contributed by atoms with E-state index in [9.17, 15) is 9.50 Å². The number of hydrogen-bond donors (Lipinski definition) is 1. The van der Waals surface area contributed by atoms with Crippen LogP contribution in [0.2, 0.25) is 0 Å². The summed E-state index contributed by atoms with van der Waals surface area (Å²) < 4.78 is 14.3. The largest absolute Gasteiger partial charge is 0.508 e. The zero-order valence-electron chi connectivity index (χ0n) is 11.5. The van der Waals surface area contributed by atoms with Crippen molar-refractivity contribution < 1.29 is 9.50 Å². The molecule has 0 aliphatic rings. The van der Waals surface area contributed by atoms with Crippen LogP contribution in [0.1, 0.15) is 25.5 Å². The maximum Gasteiger partial charge on any atom is 0.125 e. The molecule has 0 fully saturated rings. The average Bonchev–Trinajstić information content (AvgIpc) is 2.42. The van der Waals surface area contributed by atoms with Gasteiger partial charge < -0.3 is 10.0 Å². The Balaban J connectivity index is 2.38. The highest BCUT2D eigenvalue weighted by molar-refractivity contribution is 9.10. The number of hydrogen-bond acceptors (Lipinski definition) is 2. The molecule has 2 rings (SSSR count). The molecule has 2 aromatic rings. The molecule has 4 heteroatoms. The monoisotopic (exact) mass is 337 g/mol. The Kier molecular flexibility index (Phi) is 4.65. The predicted octanol–water partition coefficient (Wildman–Crippen LogP) is 4.88. The Labute approximate surface area is 127 Å². The fraction of sp³-hybridized carbons (Fsp3) is 0.250. The van der Waals surface area contributed by atoms with Crippen LogP contribution in [0.4, 0.5) is 10.1 Å². The Bertz CT molecular complexity index is 603. The first-order chi connectivity index (χ1) is 9.52. The quantitative estimate of drug-likeness (QED) is 0.859. The Hall–Kier alpha value is -1.55. The number of aromatic hydroxyl groups is 1. The second kappa shape index (κ2) is 6.27. The minimum Gasteiger partial charge on any atom is -0.508 e. The Morgan fingerprint density at radius 1 is 1.25 bits per heavy atom.